The summed E-state index contributed by atoms with van der Waals surface area (Å²) in [5.74, 6) is 0.0559. The van der Waals surface area contributed by atoms with Crippen molar-refractivity contribution in [2.75, 3.05) is 13.1 Å². The average Bonchev–Trinajstić information content (AvgIpc) is 2.68. The Hall–Kier alpha value is -0.870. The molecule has 0 aromatic rings. The lowest BCUT2D eigenvalue weighted by Crippen LogP contribution is -2.52. The molecule has 0 aromatic carbocycles. The minimum absolute atomic E-state index is 0.0559. The van der Waals surface area contributed by atoms with Gasteiger partial charge >= 0.3 is 0 Å². The molecule has 0 aliphatic heterocycles. The zero-order valence-corrected chi connectivity index (χ0v) is 18.7. The van der Waals surface area contributed by atoms with E-state index in [1.54, 1.807) is 5.12 Å². The van der Waals surface area contributed by atoms with Gasteiger partial charge in [-0.25, -0.2) is 16.0 Å². The monoisotopic (exact) mass is 381 g/mol. The molecule has 0 bridgehead atoms. The average molecular weight is 382 g/mol. The van der Waals surface area contributed by atoms with Gasteiger partial charge in [0.25, 0.3) is 5.91 Å². The van der Waals surface area contributed by atoms with Crippen molar-refractivity contribution in [2.24, 2.45) is 0 Å². The van der Waals surface area contributed by atoms with Crippen molar-refractivity contribution >= 4 is 5.91 Å². The number of rotatable bonds is 19. The quantitative estimate of drug-likeness (QED) is 0.157. The maximum atomic E-state index is 12.7. The summed E-state index contributed by atoms with van der Waals surface area (Å²) in [5, 5.41) is 1.64. The Bertz CT molecular complexity index is 351. The van der Waals surface area contributed by atoms with Gasteiger partial charge < -0.3 is 0 Å². The van der Waals surface area contributed by atoms with Crippen molar-refractivity contribution in [2.45, 2.75) is 118 Å². The molecular formula is C23H47N3O. The lowest BCUT2D eigenvalue weighted by molar-refractivity contribution is -0.134. The summed E-state index contributed by atoms with van der Waals surface area (Å²) in [4.78, 5) is 12.7. The molecule has 0 heterocycles. The van der Waals surface area contributed by atoms with Crippen LogP contribution in [0.4, 0.5) is 0 Å². The van der Waals surface area contributed by atoms with Crippen molar-refractivity contribution < 1.29 is 4.79 Å². The molecule has 0 aliphatic rings. The standard InChI is InChI=1S/C23H47N3O/c1-5-8-11-13-15-17-20-24-26(23(27)22(4)19-10-7-3)25-21-18-16-14-12-9-6-2/h19,24-25H,5-18,20-21H2,1-4H3. The lowest BCUT2D eigenvalue weighted by Gasteiger charge is -2.24. The van der Waals surface area contributed by atoms with Gasteiger partial charge in [-0.15, -0.1) is 0 Å². The molecule has 0 atom stereocenters. The van der Waals surface area contributed by atoms with E-state index in [0.29, 0.717) is 0 Å². The summed E-state index contributed by atoms with van der Waals surface area (Å²) in [5.41, 5.74) is 7.44. The largest absolute Gasteiger partial charge is 0.278 e. The Kier molecular flexibility index (Phi) is 19.2. The highest BCUT2D eigenvalue weighted by molar-refractivity contribution is 5.92. The third-order valence-corrected chi connectivity index (χ3v) is 4.88. The minimum atomic E-state index is 0.0559. The van der Waals surface area contributed by atoms with Gasteiger partial charge in [-0.1, -0.05) is 97.5 Å². The van der Waals surface area contributed by atoms with Crippen LogP contribution in [0.1, 0.15) is 118 Å². The summed E-state index contributed by atoms with van der Waals surface area (Å²) >= 11 is 0. The van der Waals surface area contributed by atoms with Crippen LogP contribution in [0.5, 0.6) is 0 Å². The maximum absolute atomic E-state index is 12.7. The molecule has 2 N–H and O–H groups in total. The van der Waals surface area contributed by atoms with Crippen molar-refractivity contribution in [3.05, 3.63) is 11.6 Å². The van der Waals surface area contributed by atoms with Gasteiger partial charge in [-0.2, -0.15) is 0 Å². The number of hydrazine groups is 2. The number of carbonyl (C=O) groups is 1. The molecule has 0 saturated carbocycles. The molecule has 1 amide bonds. The Morgan fingerprint density at radius 1 is 0.704 bits per heavy atom. The van der Waals surface area contributed by atoms with Crippen molar-refractivity contribution in [1.29, 1.82) is 0 Å². The van der Waals surface area contributed by atoms with Crippen LogP contribution in [-0.4, -0.2) is 24.1 Å². The van der Waals surface area contributed by atoms with Crippen molar-refractivity contribution in [3.63, 3.8) is 0 Å². The Morgan fingerprint density at radius 3 is 1.59 bits per heavy atom. The Labute approximate surface area is 169 Å². The molecule has 0 aromatic heterocycles. The van der Waals surface area contributed by atoms with Gasteiger partial charge in [0.1, 0.15) is 0 Å². The van der Waals surface area contributed by atoms with Gasteiger partial charge in [-0.3, -0.25) is 4.79 Å². The third kappa shape index (κ3) is 15.8. The molecular weight excluding hydrogens is 334 g/mol. The summed E-state index contributed by atoms with van der Waals surface area (Å²) < 4.78 is 0. The van der Waals surface area contributed by atoms with E-state index >= 15 is 0 Å². The first-order valence-corrected chi connectivity index (χ1v) is 11.7. The SMILES string of the molecule is CCCC=C(C)C(=O)N(NCCCCCCCC)NCCCCCCCC. The molecule has 0 unspecified atom stereocenters. The topological polar surface area (TPSA) is 44.4 Å². The van der Waals surface area contributed by atoms with Gasteiger partial charge in [-0.05, 0) is 26.2 Å². The minimum Gasteiger partial charge on any atom is -0.267 e. The smallest absolute Gasteiger partial charge is 0.267 e. The molecule has 0 rings (SSSR count). The van der Waals surface area contributed by atoms with Crippen LogP contribution in [0.15, 0.2) is 11.6 Å². The van der Waals surface area contributed by atoms with Crippen LogP contribution in [0, 0.1) is 0 Å². The van der Waals surface area contributed by atoms with E-state index in [1.807, 2.05) is 13.0 Å². The third-order valence-electron chi connectivity index (χ3n) is 4.88. The second kappa shape index (κ2) is 19.9. The summed E-state index contributed by atoms with van der Waals surface area (Å²) in [7, 11) is 0. The van der Waals surface area contributed by atoms with E-state index in [-0.39, 0.29) is 5.91 Å². The van der Waals surface area contributed by atoms with Crippen LogP contribution in [0.2, 0.25) is 0 Å². The lowest BCUT2D eigenvalue weighted by atomic mass is 10.1. The maximum Gasteiger partial charge on any atom is 0.278 e. The highest BCUT2D eigenvalue weighted by Gasteiger charge is 2.14. The predicted molar refractivity (Wildman–Crippen MR) is 118 cm³/mol. The molecule has 160 valence electrons. The predicted octanol–water partition coefficient (Wildman–Crippen LogP) is 6.29. The molecule has 0 radical (unpaired) electrons. The van der Waals surface area contributed by atoms with Crippen LogP contribution in [0.3, 0.4) is 0 Å². The molecule has 4 heteroatoms. The first kappa shape index (κ1) is 26.1. The summed E-state index contributed by atoms with van der Waals surface area (Å²) in [6, 6.07) is 0. The van der Waals surface area contributed by atoms with Crippen molar-refractivity contribution in [1.82, 2.24) is 16.0 Å². The van der Waals surface area contributed by atoms with E-state index in [4.69, 9.17) is 0 Å². The van der Waals surface area contributed by atoms with Crippen LogP contribution in [0.25, 0.3) is 0 Å². The fourth-order valence-electron chi connectivity index (χ4n) is 3.02. The highest BCUT2D eigenvalue weighted by atomic mass is 16.2. The number of allylic oxidation sites excluding steroid dienone is 1. The number of unbranched alkanes of at least 4 members (excludes halogenated alkanes) is 11. The van der Waals surface area contributed by atoms with E-state index in [2.05, 4.69) is 31.6 Å². The summed E-state index contributed by atoms with van der Waals surface area (Å²) in [6.45, 7) is 10.2. The Morgan fingerprint density at radius 2 is 1.15 bits per heavy atom. The molecule has 0 spiro atoms. The summed E-state index contributed by atoms with van der Waals surface area (Å²) in [6.07, 6.45) is 19.3. The second-order valence-corrected chi connectivity index (χ2v) is 7.67. The normalized spacial score (nSPS) is 11.8. The van der Waals surface area contributed by atoms with Gasteiger partial charge in [0.05, 0.1) is 0 Å². The molecule has 0 aliphatic carbocycles. The number of hydrogen-bond acceptors (Lipinski definition) is 3. The van der Waals surface area contributed by atoms with Crippen LogP contribution < -0.4 is 10.9 Å². The highest BCUT2D eigenvalue weighted by Crippen LogP contribution is 2.06. The van der Waals surface area contributed by atoms with Gasteiger partial charge in [0.15, 0.2) is 0 Å². The van der Waals surface area contributed by atoms with Crippen LogP contribution in [-0.2, 0) is 4.79 Å². The molecule has 0 fully saturated rings. The van der Waals surface area contributed by atoms with E-state index < -0.39 is 0 Å². The Balaban J connectivity index is 4.22. The van der Waals surface area contributed by atoms with Gasteiger partial charge in [0.2, 0.25) is 0 Å². The van der Waals surface area contributed by atoms with Gasteiger partial charge in [0, 0.05) is 18.7 Å². The zero-order valence-electron chi connectivity index (χ0n) is 18.7. The molecule has 0 saturated heterocycles. The number of nitrogens with one attached hydrogen (secondary N) is 2. The number of carbonyl (C=O) groups excluding carboxylic acids is 1. The number of nitrogens with zero attached hydrogens (tertiary/aromatic N) is 1. The second-order valence-electron chi connectivity index (χ2n) is 7.67. The fraction of sp³-hybridized carbons (Fsp3) is 0.870. The molecule has 4 nitrogen and oxygen atoms in total. The number of amides is 1. The fourth-order valence-corrected chi connectivity index (χ4v) is 3.02. The van der Waals surface area contributed by atoms with Crippen molar-refractivity contribution in [3.8, 4) is 0 Å². The number of hydrogen-bond donors (Lipinski definition) is 2. The molecule has 27 heavy (non-hydrogen) atoms. The van der Waals surface area contributed by atoms with E-state index in [1.165, 1.54) is 64.2 Å². The first-order valence-electron chi connectivity index (χ1n) is 11.7. The zero-order chi connectivity index (χ0) is 20.2. The van der Waals surface area contributed by atoms with E-state index in [0.717, 1.165) is 44.3 Å². The van der Waals surface area contributed by atoms with E-state index in [9.17, 15) is 4.79 Å². The first-order chi connectivity index (χ1) is 13.2. The van der Waals surface area contributed by atoms with Crippen LogP contribution >= 0.6 is 0 Å².